The summed E-state index contributed by atoms with van der Waals surface area (Å²) in [5, 5.41) is 0. The number of amides is 2. The molecule has 3 rings (SSSR count). The molecule has 0 bridgehead atoms. The molecule has 2 heterocycles. The van der Waals surface area contributed by atoms with E-state index in [-0.39, 0.29) is 54.9 Å². The van der Waals surface area contributed by atoms with Crippen molar-refractivity contribution in [1.82, 2.24) is 9.80 Å². The maximum Gasteiger partial charge on any atom is 0.410 e. The molecule has 0 aromatic heterocycles. The SMILES string of the molecule is CC(=O)CC(CC(=O)[C@@H]1CCCN(C(=O)CCC2CCN(C(=O)OC(C)(C)C)CC2)C1)c1ccc(OCC[18F])cc1. The lowest BCUT2D eigenvalue weighted by molar-refractivity contribution is -0.135. The van der Waals surface area contributed by atoms with Gasteiger partial charge in [0, 0.05) is 51.4 Å². The molecule has 1 unspecified atom stereocenters. The van der Waals surface area contributed by atoms with Gasteiger partial charge in [0.1, 0.15) is 36.2 Å². The minimum atomic E-state index is -0.570. The second-order valence-electron chi connectivity index (χ2n) is 12.5. The summed E-state index contributed by atoms with van der Waals surface area (Å²) >= 11 is 0. The highest BCUT2D eigenvalue weighted by Gasteiger charge is 2.31. The molecule has 2 fully saturated rings. The summed E-state index contributed by atoms with van der Waals surface area (Å²) in [5.74, 6) is 0.648. The molecular weight excluding hydrogens is 526 g/mol. The van der Waals surface area contributed by atoms with Crippen LogP contribution in [0.2, 0.25) is 0 Å². The van der Waals surface area contributed by atoms with Gasteiger partial charge in [0.25, 0.3) is 0 Å². The largest absolute Gasteiger partial charge is 0.491 e. The molecule has 2 saturated heterocycles. The molecule has 1 aromatic carbocycles. The Morgan fingerprint density at radius 3 is 2.27 bits per heavy atom. The van der Waals surface area contributed by atoms with Crippen LogP contribution < -0.4 is 4.74 Å². The molecule has 228 valence electrons. The van der Waals surface area contributed by atoms with E-state index in [4.69, 9.17) is 9.47 Å². The Kier molecular flexibility index (Phi) is 12.2. The fraction of sp³-hybridized carbons (Fsp3) is 0.688. The van der Waals surface area contributed by atoms with Crippen molar-refractivity contribution in [2.45, 2.75) is 90.6 Å². The van der Waals surface area contributed by atoms with Crippen LogP contribution in [0.5, 0.6) is 5.75 Å². The molecule has 41 heavy (non-hydrogen) atoms. The molecule has 9 heteroatoms. The van der Waals surface area contributed by atoms with Crippen LogP contribution in [0.1, 0.15) is 90.5 Å². The topological polar surface area (TPSA) is 93.2 Å². The van der Waals surface area contributed by atoms with Gasteiger partial charge in [0.15, 0.2) is 0 Å². The van der Waals surface area contributed by atoms with Crippen LogP contribution >= 0.6 is 0 Å². The number of piperidine rings is 2. The van der Waals surface area contributed by atoms with E-state index >= 15 is 0 Å². The zero-order valence-electron chi connectivity index (χ0n) is 25.2. The summed E-state index contributed by atoms with van der Waals surface area (Å²) in [6, 6.07) is 7.16. The van der Waals surface area contributed by atoms with Crippen LogP contribution in [0.15, 0.2) is 24.3 Å². The van der Waals surface area contributed by atoms with Gasteiger partial charge in [0.2, 0.25) is 5.91 Å². The van der Waals surface area contributed by atoms with E-state index in [1.54, 1.807) is 17.0 Å². The minimum Gasteiger partial charge on any atom is -0.491 e. The summed E-state index contributed by atoms with van der Waals surface area (Å²) in [6.45, 7) is 8.90. The number of benzene rings is 1. The second kappa shape index (κ2) is 15.3. The average Bonchev–Trinajstić information content (AvgIpc) is 2.94. The fourth-order valence-electron chi connectivity index (χ4n) is 5.74. The molecule has 2 aliphatic rings. The molecule has 0 spiro atoms. The predicted molar refractivity (Wildman–Crippen MR) is 155 cm³/mol. The number of Topliss-reactive ketones (excluding diaryl/α,β-unsaturated/α-hetero) is 2. The van der Waals surface area contributed by atoms with Crippen LogP contribution in [-0.2, 0) is 19.1 Å². The molecule has 2 atom stereocenters. The van der Waals surface area contributed by atoms with E-state index in [1.165, 1.54) is 6.92 Å². The third-order valence-corrected chi connectivity index (χ3v) is 7.94. The van der Waals surface area contributed by atoms with E-state index in [9.17, 15) is 23.6 Å². The van der Waals surface area contributed by atoms with Gasteiger partial charge >= 0.3 is 6.09 Å². The van der Waals surface area contributed by atoms with Crippen molar-refractivity contribution in [1.29, 1.82) is 0 Å². The maximum atomic E-state index is 13.4. The molecule has 0 aliphatic carbocycles. The van der Waals surface area contributed by atoms with Crippen molar-refractivity contribution < 1.29 is 33.0 Å². The summed E-state index contributed by atoms with van der Waals surface area (Å²) in [7, 11) is 0. The van der Waals surface area contributed by atoms with Crippen LogP contribution in [0.3, 0.4) is 0 Å². The first-order chi connectivity index (χ1) is 19.4. The monoisotopic (exact) mass is 573 g/mol. The number of nitrogens with zero attached hydrogens (tertiary/aromatic N) is 2. The number of carbonyl (C=O) groups excluding carboxylic acids is 4. The third-order valence-electron chi connectivity index (χ3n) is 7.94. The Balaban J connectivity index is 1.48. The number of hydrogen-bond acceptors (Lipinski definition) is 6. The van der Waals surface area contributed by atoms with Gasteiger partial charge < -0.3 is 24.1 Å². The third kappa shape index (κ3) is 10.7. The smallest absolute Gasteiger partial charge is 0.410 e. The molecule has 0 N–H and O–H groups in total. The van der Waals surface area contributed by atoms with Gasteiger partial charge in [-0.15, -0.1) is 0 Å². The predicted octanol–water partition coefficient (Wildman–Crippen LogP) is 5.72. The standard InChI is InChI=1S/C32H47FN2O6/c1-23(36)20-27(25-8-10-28(11-9-25)40-19-15-33)21-29(37)26-6-5-16-35(22-26)30(38)12-7-24-13-17-34(18-14-24)31(39)41-32(2,3)4/h8-11,24,26-27H,5-7,12-22H2,1-4H3/t26-,27?/m1/s1/i33-1. The van der Waals surface area contributed by atoms with E-state index in [0.717, 1.165) is 37.7 Å². The van der Waals surface area contributed by atoms with Gasteiger partial charge in [-0.25, -0.2) is 9.18 Å². The van der Waals surface area contributed by atoms with Crippen molar-refractivity contribution in [2.24, 2.45) is 11.8 Å². The van der Waals surface area contributed by atoms with E-state index < -0.39 is 12.3 Å². The van der Waals surface area contributed by atoms with Crippen molar-refractivity contribution in [3.8, 4) is 5.75 Å². The Bertz CT molecular complexity index is 1030. The van der Waals surface area contributed by atoms with E-state index in [2.05, 4.69) is 0 Å². The summed E-state index contributed by atoms with van der Waals surface area (Å²) in [5.41, 5.74) is 0.364. The lowest BCUT2D eigenvalue weighted by atomic mass is 9.83. The number of likely N-dealkylation sites (tertiary alicyclic amines) is 2. The zero-order valence-corrected chi connectivity index (χ0v) is 25.2. The molecule has 2 amide bonds. The number of ketones is 2. The van der Waals surface area contributed by atoms with Crippen molar-refractivity contribution in [3.63, 3.8) is 0 Å². The summed E-state index contributed by atoms with van der Waals surface area (Å²) < 4.78 is 23.2. The fourth-order valence-corrected chi connectivity index (χ4v) is 5.74. The molecular formula is C32H47FN2O6. The van der Waals surface area contributed by atoms with Crippen LogP contribution in [0.4, 0.5) is 9.18 Å². The molecule has 2 aliphatic heterocycles. The Hall–Kier alpha value is -2.97. The van der Waals surface area contributed by atoms with Crippen LogP contribution in [-0.4, -0.2) is 78.4 Å². The van der Waals surface area contributed by atoms with Crippen LogP contribution in [0, 0.1) is 11.8 Å². The van der Waals surface area contributed by atoms with E-state index in [1.807, 2.05) is 37.8 Å². The summed E-state index contributed by atoms with van der Waals surface area (Å²) in [4.78, 5) is 54.3. The van der Waals surface area contributed by atoms with Gasteiger partial charge in [0.05, 0.1) is 0 Å². The first kappa shape index (κ1) is 32.5. The second-order valence-corrected chi connectivity index (χ2v) is 12.5. The number of hydrogen-bond donors (Lipinski definition) is 0. The molecule has 1 aromatic rings. The first-order valence-electron chi connectivity index (χ1n) is 15.0. The van der Waals surface area contributed by atoms with Gasteiger partial charge in [-0.05, 0) is 89.3 Å². The van der Waals surface area contributed by atoms with Gasteiger partial charge in [-0.1, -0.05) is 12.1 Å². The minimum absolute atomic E-state index is 0.0120. The lowest BCUT2D eigenvalue weighted by Gasteiger charge is -2.35. The summed E-state index contributed by atoms with van der Waals surface area (Å²) in [6.07, 6.45) is 4.70. The molecule has 8 nitrogen and oxygen atoms in total. The van der Waals surface area contributed by atoms with Gasteiger partial charge in [-0.3, -0.25) is 9.59 Å². The number of rotatable bonds is 12. The highest BCUT2D eigenvalue weighted by Crippen LogP contribution is 2.30. The normalized spacial score (nSPS) is 19.0. The quantitative estimate of drug-likeness (QED) is 0.317. The number of carbonyl (C=O) groups is 4. The first-order valence-corrected chi connectivity index (χ1v) is 15.0. The van der Waals surface area contributed by atoms with Crippen molar-refractivity contribution >= 4 is 23.6 Å². The molecule has 0 radical (unpaired) electrons. The van der Waals surface area contributed by atoms with Gasteiger partial charge in [-0.2, -0.15) is 0 Å². The highest BCUT2D eigenvalue weighted by molar-refractivity contribution is 5.85. The number of ether oxygens (including phenoxy) is 2. The lowest BCUT2D eigenvalue weighted by Crippen LogP contribution is -2.43. The Labute approximate surface area is 243 Å². The maximum absolute atomic E-state index is 13.4. The van der Waals surface area contributed by atoms with Crippen LogP contribution in [0.25, 0.3) is 0 Å². The number of halogens is 1. The Morgan fingerprint density at radius 1 is 0.976 bits per heavy atom. The Morgan fingerprint density at radius 2 is 1.66 bits per heavy atom. The average molecular weight is 574 g/mol. The van der Waals surface area contributed by atoms with Crippen molar-refractivity contribution in [2.75, 3.05) is 39.5 Å². The van der Waals surface area contributed by atoms with Crippen molar-refractivity contribution in [3.05, 3.63) is 29.8 Å². The number of alkyl halides is 1. The zero-order chi connectivity index (χ0) is 30.0. The van der Waals surface area contributed by atoms with E-state index in [0.29, 0.717) is 44.3 Å². The highest BCUT2D eigenvalue weighted by atomic mass is 18.2. The molecule has 0 saturated carbocycles.